The van der Waals surface area contributed by atoms with Gasteiger partial charge in [0.1, 0.15) is 5.76 Å². The molecule has 0 bridgehead atoms. The van der Waals surface area contributed by atoms with Crippen molar-refractivity contribution in [2.75, 3.05) is 0 Å². The second-order valence-corrected chi connectivity index (χ2v) is 4.39. The Morgan fingerprint density at radius 3 is 2.60 bits per heavy atom. The average molecular weight is 208 g/mol. The first kappa shape index (κ1) is 10.7. The second-order valence-electron chi connectivity index (χ2n) is 4.39. The van der Waals surface area contributed by atoms with Crippen molar-refractivity contribution in [3.63, 3.8) is 0 Å². The summed E-state index contributed by atoms with van der Waals surface area (Å²) in [6.07, 6.45) is 12.9. The summed E-state index contributed by atoms with van der Waals surface area (Å²) in [4.78, 5) is 3.91. The van der Waals surface area contributed by atoms with Crippen LogP contribution in [-0.2, 0) is 6.54 Å². The van der Waals surface area contributed by atoms with E-state index in [0.717, 1.165) is 12.3 Å². The van der Waals surface area contributed by atoms with Gasteiger partial charge < -0.3 is 9.73 Å². The molecule has 0 amide bonds. The van der Waals surface area contributed by atoms with Gasteiger partial charge >= 0.3 is 0 Å². The zero-order chi connectivity index (χ0) is 10.3. The number of hydrogen-bond donors (Lipinski definition) is 1. The molecule has 1 aromatic heterocycles. The highest BCUT2D eigenvalue weighted by Crippen LogP contribution is 2.17. The van der Waals surface area contributed by atoms with Crippen molar-refractivity contribution in [3.05, 3.63) is 18.4 Å². The molecule has 3 nitrogen and oxygen atoms in total. The van der Waals surface area contributed by atoms with E-state index in [9.17, 15) is 0 Å². The fraction of sp³-hybridized carbons (Fsp3) is 0.750. The van der Waals surface area contributed by atoms with E-state index in [2.05, 4.69) is 10.3 Å². The highest BCUT2D eigenvalue weighted by molar-refractivity contribution is 4.88. The minimum absolute atomic E-state index is 0.676. The number of oxazole rings is 1. The maximum atomic E-state index is 5.21. The van der Waals surface area contributed by atoms with Gasteiger partial charge in [0.05, 0.1) is 12.7 Å². The van der Waals surface area contributed by atoms with Crippen LogP contribution in [0.5, 0.6) is 0 Å². The number of aromatic nitrogens is 1. The van der Waals surface area contributed by atoms with Crippen LogP contribution in [0.25, 0.3) is 0 Å². The molecule has 3 heteroatoms. The van der Waals surface area contributed by atoms with Crippen molar-refractivity contribution in [1.82, 2.24) is 10.3 Å². The van der Waals surface area contributed by atoms with E-state index in [1.807, 2.05) is 0 Å². The molecule has 1 aromatic rings. The Morgan fingerprint density at radius 2 is 1.93 bits per heavy atom. The summed E-state index contributed by atoms with van der Waals surface area (Å²) in [5.41, 5.74) is 0. The van der Waals surface area contributed by atoms with Gasteiger partial charge in [-0.1, -0.05) is 32.1 Å². The molecule has 0 atom stereocenters. The van der Waals surface area contributed by atoms with Crippen molar-refractivity contribution in [2.45, 2.75) is 57.5 Å². The van der Waals surface area contributed by atoms with Crippen molar-refractivity contribution in [3.8, 4) is 0 Å². The van der Waals surface area contributed by atoms with E-state index < -0.39 is 0 Å². The lowest BCUT2D eigenvalue weighted by atomic mass is 9.97. The molecule has 1 aliphatic rings. The van der Waals surface area contributed by atoms with Gasteiger partial charge in [-0.15, -0.1) is 0 Å². The Kier molecular flexibility index (Phi) is 4.21. The van der Waals surface area contributed by atoms with Crippen LogP contribution < -0.4 is 5.32 Å². The normalized spacial score (nSPS) is 19.7. The summed E-state index contributed by atoms with van der Waals surface area (Å²) in [5, 5.41) is 3.56. The van der Waals surface area contributed by atoms with Crippen LogP contribution in [0.4, 0.5) is 0 Å². The maximum Gasteiger partial charge on any atom is 0.180 e. The molecular weight excluding hydrogens is 188 g/mol. The Morgan fingerprint density at radius 1 is 1.20 bits per heavy atom. The molecule has 1 aliphatic carbocycles. The fourth-order valence-corrected chi connectivity index (χ4v) is 2.23. The molecule has 2 rings (SSSR count). The standard InChI is InChI=1S/C12H20N2O/c1-2-4-6-11(7-5-3-1)14-9-12-8-13-10-15-12/h8,10-11,14H,1-7,9H2. The van der Waals surface area contributed by atoms with Gasteiger partial charge in [-0.2, -0.15) is 0 Å². The van der Waals surface area contributed by atoms with Crippen molar-refractivity contribution in [1.29, 1.82) is 0 Å². The molecule has 0 aromatic carbocycles. The van der Waals surface area contributed by atoms with Crippen LogP contribution in [0.15, 0.2) is 17.0 Å². The smallest absolute Gasteiger partial charge is 0.180 e. The van der Waals surface area contributed by atoms with E-state index in [1.165, 1.54) is 51.3 Å². The lowest BCUT2D eigenvalue weighted by Gasteiger charge is -2.20. The Hall–Kier alpha value is -0.830. The molecule has 1 fully saturated rings. The van der Waals surface area contributed by atoms with Crippen LogP contribution in [0, 0.1) is 0 Å². The van der Waals surface area contributed by atoms with Gasteiger partial charge in [0.2, 0.25) is 0 Å². The molecule has 0 radical (unpaired) electrons. The minimum Gasteiger partial charge on any atom is -0.447 e. The number of rotatable bonds is 3. The van der Waals surface area contributed by atoms with Gasteiger partial charge in [-0.25, -0.2) is 4.98 Å². The number of nitrogens with one attached hydrogen (secondary N) is 1. The third-order valence-corrected chi connectivity index (χ3v) is 3.15. The first-order valence-electron chi connectivity index (χ1n) is 6.06. The Balaban J connectivity index is 1.72. The van der Waals surface area contributed by atoms with E-state index in [0.29, 0.717) is 6.04 Å². The lowest BCUT2D eigenvalue weighted by Crippen LogP contribution is -2.29. The first-order chi connectivity index (χ1) is 7.45. The topological polar surface area (TPSA) is 38.1 Å². The monoisotopic (exact) mass is 208 g/mol. The summed E-state index contributed by atoms with van der Waals surface area (Å²) < 4.78 is 5.21. The molecular formula is C12H20N2O. The minimum atomic E-state index is 0.676. The summed E-state index contributed by atoms with van der Waals surface area (Å²) >= 11 is 0. The summed E-state index contributed by atoms with van der Waals surface area (Å²) in [7, 11) is 0. The number of hydrogen-bond acceptors (Lipinski definition) is 3. The molecule has 0 unspecified atom stereocenters. The van der Waals surface area contributed by atoms with Gasteiger partial charge in [0, 0.05) is 6.04 Å². The second kappa shape index (κ2) is 5.91. The van der Waals surface area contributed by atoms with E-state index >= 15 is 0 Å². The molecule has 1 saturated carbocycles. The molecule has 0 saturated heterocycles. The zero-order valence-corrected chi connectivity index (χ0v) is 9.24. The Bertz CT molecular complexity index is 251. The van der Waals surface area contributed by atoms with E-state index in [4.69, 9.17) is 4.42 Å². The third kappa shape index (κ3) is 3.67. The first-order valence-corrected chi connectivity index (χ1v) is 6.06. The zero-order valence-electron chi connectivity index (χ0n) is 9.24. The van der Waals surface area contributed by atoms with Crippen LogP contribution in [-0.4, -0.2) is 11.0 Å². The van der Waals surface area contributed by atoms with Crippen LogP contribution in [0.1, 0.15) is 50.7 Å². The molecule has 0 aliphatic heterocycles. The molecule has 84 valence electrons. The van der Waals surface area contributed by atoms with Gasteiger partial charge in [-0.3, -0.25) is 0 Å². The van der Waals surface area contributed by atoms with Crippen molar-refractivity contribution in [2.24, 2.45) is 0 Å². The fourth-order valence-electron chi connectivity index (χ4n) is 2.23. The number of nitrogens with zero attached hydrogens (tertiary/aromatic N) is 1. The quantitative estimate of drug-likeness (QED) is 0.830. The summed E-state index contributed by atoms with van der Waals surface area (Å²) in [6.45, 7) is 0.824. The maximum absolute atomic E-state index is 5.21. The SMILES string of the molecule is c1ncc(CNC2CCCCCCC2)o1. The lowest BCUT2D eigenvalue weighted by molar-refractivity contribution is 0.371. The predicted octanol–water partition coefficient (Wildman–Crippen LogP) is 2.88. The van der Waals surface area contributed by atoms with Crippen LogP contribution in [0.3, 0.4) is 0 Å². The van der Waals surface area contributed by atoms with Gasteiger partial charge in [0.15, 0.2) is 6.39 Å². The van der Waals surface area contributed by atoms with Crippen LogP contribution in [0.2, 0.25) is 0 Å². The van der Waals surface area contributed by atoms with Crippen LogP contribution >= 0.6 is 0 Å². The summed E-state index contributed by atoms with van der Waals surface area (Å²) in [6, 6.07) is 0.676. The van der Waals surface area contributed by atoms with Crippen molar-refractivity contribution >= 4 is 0 Å². The van der Waals surface area contributed by atoms with Crippen molar-refractivity contribution < 1.29 is 4.42 Å². The molecule has 0 spiro atoms. The molecule has 1 heterocycles. The largest absolute Gasteiger partial charge is 0.447 e. The Labute approximate surface area is 91.3 Å². The molecule has 15 heavy (non-hydrogen) atoms. The van der Waals surface area contributed by atoms with E-state index in [-0.39, 0.29) is 0 Å². The third-order valence-electron chi connectivity index (χ3n) is 3.15. The highest BCUT2D eigenvalue weighted by Gasteiger charge is 2.10. The predicted molar refractivity (Wildman–Crippen MR) is 59.4 cm³/mol. The van der Waals surface area contributed by atoms with E-state index in [1.54, 1.807) is 6.20 Å². The molecule has 1 N–H and O–H groups in total. The van der Waals surface area contributed by atoms with Gasteiger partial charge in [-0.05, 0) is 12.8 Å². The summed E-state index contributed by atoms with van der Waals surface area (Å²) in [5.74, 6) is 0.942. The van der Waals surface area contributed by atoms with Gasteiger partial charge in [0.25, 0.3) is 0 Å². The average Bonchev–Trinajstić information content (AvgIpc) is 2.68. The highest BCUT2D eigenvalue weighted by atomic mass is 16.3.